The molecule has 0 saturated heterocycles. The van der Waals surface area contributed by atoms with Gasteiger partial charge in [0.05, 0.1) is 11.8 Å². The molecule has 0 heteroatoms. The van der Waals surface area contributed by atoms with E-state index in [1.54, 1.807) is 0 Å². The first-order chi connectivity index (χ1) is 11.3. The van der Waals surface area contributed by atoms with Gasteiger partial charge in [0.1, 0.15) is 0 Å². The van der Waals surface area contributed by atoms with E-state index in [0.29, 0.717) is 0 Å². The fourth-order valence-electron chi connectivity index (χ4n) is 3.48. The third-order valence-corrected chi connectivity index (χ3v) is 5.93. The third-order valence-electron chi connectivity index (χ3n) is 5.93. The maximum Gasteiger partial charge on any atom is 0.0631 e. The molecule has 0 bridgehead atoms. The van der Waals surface area contributed by atoms with E-state index in [1.165, 1.54) is 44.6 Å². The van der Waals surface area contributed by atoms with Gasteiger partial charge in [0, 0.05) is 0 Å². The summed E-state index contributed by atoms with van der Waals surface area (Å²) < 4.78 is 0. The van der Waals surface area contributed by atoms with Crippen LogP contribution in [0.2, 0.25) is 0 Å². The molecule has 124 valence electrons. The van der Waals surface area contributed by atoms with Gasteiger partial charge < -0.3 is 0 Å². The molecule has 0 fully saturated rings. The van der Waals surface area contributed by atoms with Crippen molar-refractivity contribution in [1.82, 2.24) is 0 Å². The number of hydrogen-bond donors (Lipinski definition) is 0. The second-order valence-corrected chi connectivity index (χ2v) is 7.01. The Kier molecular flexibility index (Phi) is 5.41. The highest BCUT2D eigenvalue weighted by Gasteiger charge is 2.22. The van der Waals surface area contributed by atoms with Crippen LogP contribution >= 0.6 is 0 Å². The first kappa shape index (κ1) is 18.2. The van der Waals surface area contributed by atoms with Crippen LogP contribution in [0.4, 0.5) is 0 Å². The summed E-state index contributed by atoms with van der Waals surface area (Å²) in [6.45, 7) is 17.5. The summed E-state index contributed by atoms with van der Waals surface area (Å²) >= 11 is 0. The highest BCUT2D eigenvalue weighted by Crippen LogP contribution is 2.36. The van der Waals surface area contributed by atoms with Crippen LogP contribution < -0.4 is 0 Å². The Hall–Kier alpha value is -2.18. The van der Waals surface area contributed by atoms with E-state index in [-0.39, 0.29) is 11.8 Å². The van der Waals surface area contributed by atoms with Crippen LogP contribution in [-0.2, 0) is 0 Å². The highest BCUT2D eigenvalue weighted by molar-refractivity contribution is 5.52. The molecule has 2 aliphatic rings. The van der Waals surface area contributed by atoms with Crippen molar-refractivity contribution in [2.24, 2.45) is 11.8 Å². The molecule has 0 N–H and O–H groups in total. The normalized spacial score (nSPS) is 19.5. The molecule has 2 aliphatic carbocycles. The van der Waals surface area contributed by atoms with Gasteiger partial charge in [0.25, 0.3) is 0 Å². The van der Waals surface area contributed by atoms with Crippen LogP contribution in [0.1, 0.15) is 55.4 Å². The maximum atomic E-state index is 3.36. The summed E-state index contributed by atoms with van der Waals surface area (Å²) in [5, 5.41) is 0. The highest BCUT2D eigenvalue weighted by atomic mass is 14.3. The van der Waals surface area contributed by atoms with Gasteiger partial charge in [0.15, 0.2) is 0 Å². The van der Waals surface area contributed by atoms with Crippen LogP contribution in [0.3, 0.4) is 0 Å². The van der Waals surface area contributed by atoms with Gasteiger partial charge in [-0.05, 0) is 89.8 Å². The molecule has 0 unspecified atom stereocenters. The Morgan fingerprint density at radius 3 is 1.00 bits per heavy atom. The van der Waals surface area contributed by atoms with E-state index in [1.807, 2.05) is 12.2 Å². The standard InChI is InChI=1S/C24H28/c1-15-16(2)20(6)23(19(15)5)13-11-9-10-12-14-24-21(7)17(3)18(4)22(24)8/h9-10,23-24H,1-8H3/b10-9-. The average Bonchev–Trinajstić information content (AvgIpc) is 2.86. The van der Waals surface area contributed by atoms with E-state index in [0.717, 1.165) is 0 Å². The lowest BCUT2D eigenvalue weighted by molar-refractivity contribution is 0.942. The molecule has 0 aliphatic heterocycles. The maximum absolute atomic E-state index is 3.36. The topological polar surface area (TPSA) is 0 Å². The molecule has 0 saturated carbocycles. The van der Waals surface area contributed by atoms with E-state index in [4.69, 9.17) is 0 Å². The lowest BCUT2D eigenvalue weighted by Crippen LogP contribution is -1.96. The van der Waals surface area contributed by atoms with Gasteiger partial charge >= 0.3 is 0 Å². The summed E-state index contributed by atoms with van der Waals surface area (Å²) in [5.74, 6) is 13.6. The Balaban J connectivity index is 2.07. The second kappa shape index (κ2) is 7.15. The van der Waals surface area contributed by atoms with E-state index < -0.39 is 0 Å². The monoisotopic (exact) mass is 316 g/mol. The summed E-state index contributed by atoms with van der Waals surface area (Å²) in [5.41, 5.74) is 11.1. The molecule has 2 rings (SSSR count). The molecule has 0 aromatic heterocycles. The minimum atomic E-state index is 0.276. The largest absolute Gasteiger partial charge is 0.0861 e. The minimum Gasteiger partial charge on any atom is -0.0861 e. The summed E-state index contributed by atoms with van der Waals surface area (Å²) in [6, 6.07) is 0. The second-order valence-electron chi connectivity index (χ2n) is 7.01. The molecular formula is C24H28. The van der Waals surface area contributed by atoms with Gasteiger partial charge in [-0.1, -0.05) is 46.0 Å². The lowest BCUT2D eigenvalue weighted by atomic mass is 9.97. The Morgan fingerprint density at radius 2 is 0.750 bits per heavy atom. The van der Waals surface area contributed by atoms with E-state index in [2.05, 4.69) is 79.1 Å². The van der Waals surface area contributed by atoms with Crippen LogP contribution in [-0.4, -0.2) is 0 Å². The minimum absolute atomic E-state index is 0.276. The van der Waals surface area contributed by atoms with Gasteiger partial charge in [-0.15, -0.1) is 0 Å². The predicted octanol–water partition coefficient (Wildman–Crippen LogP) is 6.15. The molecule has 0 nitrogen and oxygen atoms in total. The van der Waals surface area contributed by atoms with E-state index in [9.17, 15) is 0 Å². The SMILES string of the molecule is CC1=C(C)C(C#C/C=C\C#CC2C(C)=C(C)C(C)=C2C)C(C)=C1C. The molecule has 0 aromatic carbocycles. The van der Waals surface area contributed by atoms with Crippen molar-refractivity contribution in [3.05, 3.63) is 56.7 Å². The summed E-state index contributed by atoms with van der Waals surface area (Å²) in [6.07, 6.45) is 3.76. The van der Waals surface area contributed by atoms with Crippen molar-refractivity contribution >= 4 is 0 Å². The van der Waals surface area contributed by atoms with Gasteiger partial charge in [-0.25, -0.2) is 0 Å². The zero-order valence-electron chi connectivity index (χ0n) is 16.3. The fraction of sp³-hybridized carbons (Fsp3) is 0.417. The van der Waals surface area contributed by atoms with Gasteiger partial charge in [-0.2, -0.15) is 0 Å². The van der Waals surface area contributed by atoms with E-state index >= 15 is 0 Å². The zero-order chi connectivity index (χ0) is 18.0. The molecule has 0 amide bonds. The van der Waals surface area contributed by atoms with Crippen LogP contribution in [0.15, 0.2) is 56.7 Å². The number of rotatable bonds is 0. The fourth-order valence-corrected chi connectivity index (χ4v) is 3.48. The lowest BCUT2D eigenvalue weighted by Gasteiger charge is -2.05. The Bertz CT molecular complexity index is 719. The summed E-state index contributed by atoms with van der Waals surface area (Å²) in [7, 11) is 0. The molecule has 0 aromatic rings. The molecule has 0 radical (unpaired) electrons. The Morgan fingerprint density at radius 1 is 0.500 bits per heavy atom. The average molecular weight is 316 g/mol. The first-order valence-corrected chi connectivity index (χ1v) is 8.64. The molecule has 0 heterocycles. The number of hydrogen-bond acceptors (Lipinski definition) is 0. The van der Waals surface area contributed by atoms with Gasteiger partial charge in [-0.3, -0.25) is 0 Å². The third kappa shape index (κ3) is 3.20. The van der Waals surface area contributed by atoms with Crippen molar-refractivity contribution in [2.45, 2.75) is 55.4 Å². The molecule has 24 heavy (non-hydrogen) atoms. The first-order valence-electron chi connectivity index (χ1n) is 8.64. The predicted molar refractivity (Wildman–Crippen MR) is 105 cm³/mol. The molecule has 0 atom stereocenters. The van der Waals surface area contributed by atoms with Crippen molar-refractivity contribution in [3.8, 4) is 23.7 Å². The Labute approximate surface area is 148 Å². The van der Waals surface area contributed by atoms with Gasteiger partial charge in [0.2, 0.25) is 0 Å². The zero-order valence-corrected chi connectivity index (χ0v) is 16.3. The summed E-state index contributed by atoms with van der Waals surface area (Å²) in [4.78, 5) is 0. The van der Waals surface area contributed by atoms with Crippen LogP contribution in [0, 0.1) is 35.5 Å². The smallest absolute Gasteiger partial charge is 0.0631 e. The van der Waals surface area contributed by atoms with Crippen molar-refractivity contribution in [3.63, 3.8) is 0 Å². The molecule has 0 spiro atoms. The van der Waals surface area contributed by atoms with Crippen molar-refractivity contribution in [2.75, 3.05) is 0 Å². The number of allylic oxidation sites excluding steroid dienone is 10. The van der Waals surface area contributed by atoms with Crippen molar-refractivity contribution in [1.29, 1.82) is 0 Å². The van der Waals surface area contributed by atoms with Crippen LogP contribution in [0.25, 0.3) is 0 Å². The van der Waals surface area contributed by atoms with Crippen molar-refractivity contribution < 1.29 is 0 Å². The molecular weight excluding hydrogens is 288 g/mol. The quantitative estimate of drug-likeness (QED) is 0.470. The van der Waals surface area contributed by atoms with Crippen LogP contribution in [0.5, 0.6) is 0 Å².